The third-order valence-corrected chi connectivity index (χ3v) is 7.00. The fourth-order valence-electron chi connectivity index (χ4n) is 3.94. The molecule has 36 heavy (non-hydrogen) atoms. The predicted octanol–water partition coefficient (Wildman–Crippen LogP) is 3.88. The standard InChI is InChI=1S/C27H39N3O5S/c1-7-25(27(32)28-20(2)3)29(19-22-12-16-24(35-5)17-13-22)26(31)9-8-18-30(36(6,33)34)23-14-10-21(4)11-15-23/h10-17,20,25H,7-9,18-19H2,1-6H3,(H,28,32)/t25-/m1/s1. The molecule has 0 aliphatic heterocycles. The highest BCUT2D eigenvalue weighted by Gasteiger charge is 2.29. The summed E-state index contributed by atoms with van der Waals surface area (Å²) < 4.78 is 31.4. The van der Waals surface area contributed by atoms with Gasteiger partial charge in [-0.3, -0.25) is 13.9 Å². The van der Waals surface area contributed by atoms with E-state index in [4.69, 9.17) is 4.74 Å². The maximum Gasteiger partial charge on any atom is 0.243 e. The van der Waals surface area contributed by atoms with Crippen LogP contribution in [0.3, 0.4) is 0 Å². The highest BCUT2D eigenvalue weighted by molar-refractivity contribution is 7.92. The molecule has 0 saturated heterocycles. The van der Waals surface area contributed by atoms with Gasteiger partial charge in [0.1, 0.15) is 11.8 Å². The molecule has 198 valence electrons. The van der Waals surface area contributed by atoms with Gasteiger partial charge in [-0.1, -0.05) is 36.8 Å². The molecule has 1 atom stereocenters. The van der Waals surface area contributed by atoms with Crippen molar-refractivity contribution in [2.24, 2.45) is 0 Å². The molecule has 0 saturated carbocycles. The quantitative estimate of drug-likeness (QED) is 0.435. The number of aryl methyl sites for hydroxylation is 1. The Labute approximate surface area is 215 Å². The summed E-state index contributed by atoms with van der Waals surface area (Å²) in [7, 11) is -1.93. The Morgan fingerprint density at radius 1 is 1.03 bits per heavy atom. The Morgan fingerprint density at radius 3 is 2.14 bits per heavy atom. The molecule has 0 unspecified atom stereocenters. The first kappa shape index (κ1) is 29.2. The number of amides is 2. The number of methoxy groups -OCH3 is 1. The number of benzene rings is 2. The van der Waals surface area contributed by atoms with Gasteiger partial charge >= 0.3 is 0 Å². The van der Waals surface area contributed by atoms with Crippen molar-refractivity contribution >= 4 is 27.5 Å². The zero-order valence-electron chi connectivity index (χ0n) is 22.2. The van der Waals surface area contributed by atoms with Gasteiger partial charge in [0.25, 0.3) is 0 Å². The first-order valence-electron chi connectivity index (χ1n) is 12.2. The number of carbonyl (C=O) groups excluding carboxylic acids is 2. The topological polar surface area (TPSA) is 96.0 Å². The monoisotopic (exact) mass is 517 g/mol. The molecule has 0 bridgehead atoms. The molecule has 0 aromatic heterocycles. The van der Waals surface area contributed by atoms with Gasteiger partial charge in [-0.25, -0.2) is 8.42 Å². The van der Waals surface area contributed by atoms with Gasteiger partial charge in [0.2, 0.25) is 21.8 Å². The van der Waals surface area contributed by atoms with Gasteiger partial charge in [-0.05, 0) is 63.4 Å². The van der Waals surface area contributed by atoms with Crippen molar-refractivity contribution in [3.8, 4) is 5.75 Å². The molecule has 2 aromatic rings. The Morgan fingerprint density at radius 2 is 1.64 bits per heavy atom. The minimum absolute atomic E-state index is 0.0534. The van der Waals surface area contributed by atoms with Gasteiger partial charge in [0.15, 0.2) is 0 Å². The number of hydrogen-bond donors (Lipinski definition) is 1. The molecule has 0 fully saturated rings. The van der Waals surface area contributed by atoms with E-state index in [1.807, 2.05) is 64.1 Å². The van der Waals surface area contributed by atoms with Crippen molar-refractivity contribution in [3.05, 3.63) is 59.7 Å². The van der Waals surface area contributed by atoms with Crippen LogP contribution in [-0.4, -0.2) is 57.1 Å². The van der Waals surface area contributed by atoms with E-state index in [0.29, 0.717) is 24.3 Å². The molecule has 9 heteroatoms. The second-order valence-corrected chi connectivity index (χ2v) is 11.1. The van der Waals surface area contributed by atoms with E-state index in [0.717, 1.165) is 17.4 Å². The van der Waals surface area contributed by atoms with Gasteiger partial charge in [-0.2, -0.15) is 0 Å². The van der Waals surface area contributed by atoms with Crippen molar-refractivity contribution in [2.75, 3.05) is 24.2 Å². The SMILES string of the molecule is CC[C@H](C(=O)NC(C)C)N(Cc1ccc(OC)cc1)C(=O)CCCN(c1ccc(C)cc1)S(C)(=O)=O. The van der Waals surface area contributed by atoms with Crippen LogP contribution in [-0.2, 0) is 26.2 Å². The minimum atomic E-state index is -3.52. The number of nitrogens with zero attached hydrogens (tertiary/aromatic N) is 2. The molecular weight excluding hydrogens is 478 g/mol. The van der Waals surface area contributed by atoms with Crippen LogP contribution >= 0.6 is 0 Å². The van der Waals surface area contributed by atoms with Gasteiger partial charge in [0, 0.05) is 25.6 Å². The lowest BCUT2D eigenvalue weighted by atomic mass is 10.1. The van der Waals surface area contributed by atoms with Crippen LogP contribution in [0.15, 0.2) is 48.5 Å². The number of sulfonamides is 1. The van der Waals surface area contributed by atoms with E-state index < -0.39 is 16.1 Å². The number of ether oxygens (including phenoxy) is 1. The summed E-state index contributed by atoms with van der Waals surface area (Å²) in [5.41, 5.74) is 2.47. The Kier molecular flexibility index (Phi) is 10.8. The predicted molar refractivity (Wildman–Crippen MR) is 144 cm³/mol. The normalized spacial score (nSPS) is 12.2. The van der Waals surface area contributed by atoms with Crippen LogP contribution < -0.4 is 14.4 Å². The molecule has 1 N–H and O–H groups in total. The van der Waals surface area contributed by atoms with Gasteiger partial charge in [-0.15, -0.1) is 0 Å². The number of nitrogens with one attached hydrogen (secondary N) is 1. The Hall–Kier alpha value is -3.07. The zero-order chi connectivity index (χ0) is 26.9. The highest BCUT2D eigenvalue weighted by atomic mass is 32.2. The first-order chi connectivity index (χ1) is 17.0. The summed E-state index contributed by atoms with van der Waals surface area (Å²) in [5, 5.41) is 2.91. The van der Waals surface area contributed by atoms with Crippen molar-refractivity contribution in [3.63, 3.8) is 0 Å². The van der Waals surface area contributed by atoms with E-state index in [1.54, 1.807) is 24.1 Å². The van der Waals surface area contributed by atoms with Crippen LogP contribution in [0.4, 0.5) is 5.69 Å². The highest BCUT2D eigenvalue weighted by Crippen LogP contribution is 2.21. The number of hydrogen-bond acceptors (Lipinski definition) is 5. The molecule has 0 radical (unpaired) electrons. The van der Waals surface area contributed by atoms with E-state index in [2.05, 4.69) is 5.32 Å². The van der Waals surface area contributed by atoms with Crippen molar-refractivity contribution < 1.29 is 22.7 Å². The van der Waals surface area contributed by atoms with E-state index in [1.165, 1.54) is 4.31 Å². The third kappa shape index (κ3) is 8.55. The van der Waals surface area contributed by atoms with Crippen molar-refractivity contribution in [2.45, 2.75) is 65.6 Å². The molecular formula is C27H39N3O5S. The minimum Gasteiger partial charge on any atom is -0.497 e. The molecule has 8 nitrogen and oxygen atoms in total. The largest absolute Gasteiger partial charge is 0.497 e. The van der Waals surface area contributed by atoms with Crippen LogP contribution in [0.1, 0.15) is 51.2 Å². The third-order valence-electron chi connectivity index (χ3n) is 5.80. The lowest BCUT2D eigenvalue weighted by Crippen LogP contribution is -2.50. The van der Waals surface area contributed by atoms with Crippen molar-refractivity contribution in [1.82, 2.24) is 10.2 Å². The fourth-order valence-corrected chi connectivity index (χ4v) is 4.91. The summed E-state index contributed by atoms with van der Waals surface area (Å²) in [6, 6.07) is 13.9. The second-order valence-electron chi connectivity index (χ2n) is 9.23. The van der Waals surface area contributed by atoms with E-state index in [-0.39, 0.29) is 37.4 Å². The Balaban J connectivity index is 2.21. The van der Waals surface area contributed by atoms with E-state index >= 15 is 0 Å². The summed E-state index contributed by atoms with van der Waals surface area (Å²) in [6.07, 6.45) is 2.05. The summed E-state index contributed by atoms with van der Waals surface area (Å²) in [6.45, 7) is 8.00. The van der Waals surface area contributed by atoms with Crippen LogP contribution in [0.25, 0.3) is 0 Å². The number of carbonyl (C=O) groups is 2. The van der Waals surface area contributed by atoms with Crippen LogP contribution in [0.2, 0.25) is 0 Å². The summed E-state index contributed by atoms with van der Waals surface area (Å²) in [4.78, 5) is 28.0. The average Bonchev–Trinajstić information content (AvgIpc) is 2.81. The summed E-state index contributed by atoms with van der Waals surface area (Å²) >= 11 is 0. The Bertz CT molecular complexity index is 1100. The molecule has 0 aliphatic rings. The lowest BCUT2D eigenvalue weighted by Gasteiger charge is -2.31. The van der Waals surface area contributed by atoms with Gasteiger partial charge in [0.05, 0.1) is 19.1 Å². The van der Waals surface area contributed by atoms with Crippen LogP contribution in [0.5, 0.6) is 5.75 Å². The summed E-state index contributed by atoms with van der Waals surface area (Å²) in [5.74, 6) is 0.305. The first-order valence-corrected chi connectivity index (χ1v) is 14.1. The van der Waals surface area contributed by atoms with E-state index in [9.17, 15) is 18.0 Å². The van der Waals surface area contributed by atoms with Gasteiger partial charge < -0.3 is 15.0 Å². The molecule has 0 heterocycles. The molecule has 2 aromatic carbocycles. The number of anilines is 1. The zero-order valence-corrected chi connectivity index (χ0v) is 23.0. The molecule has 2 amide bonds. The smallest absolute Gasteiger partial charge is 0.243 e. The maximum absolute atomic E-state index is 13.4. The van der Waals surface area contributed by atoms with Crippen molar-refractivity contribution in [1.29, 1.82) is 0 Å². The molecule has 0 spiro atoms. The van der Waals surface area contributed by atoms with Crippen LogP contribution in [0, 0.1) is 6.92 Å². The maximum atomic E-state index is 13.4. The lowest BCUT2D eigenvalue weighted by molar-refractivity contribution is -0.141. The molecule has 2 rings (SSSR count). The second kappa shape index (κ2) is 13.3. The fraction of sp³-hybridized carbons (Fsp3) is 0.481. The molecule has 0 aliphatic carbocycles. The average molecular weight is 518 g/mol. The number of rotatable bonds is 13.